The first-order valence-electron chi connectivity index (χ1n) is 8.07. The first kappa shape index (κ1) is 20.2. The molecule has 0 bridgehead atoms. The molecule has 2 atom stereocenters. The maximum absolute atomic E-state index is 13.1. The van der Waals surface area contributed by atoms with Crippen molar-refractivity contribution >= 4 is 40.6 Å². The molecule has 0 fully saturated rings. The van der Waals surface area contributed by atoms with Crippen LogP contribution in [0, 0.1) is 0 Å². The normalized spacial score (nSPS) is 21.3. The third kappa shape index (κ3) is 2.86. The highest BCUT2D eigenvalue weighted by Gasteiger charge is 2.52. The van der Waals surface area contributed by atoms with Crippen LogP contribution in [0.2, 0.25) is 0 Å². The molecular formula is C19H16Cl2O7. The summed E-state index contributed by atoms with van der Waals surface area (Å²) >= 11 is 12.4. The molecule has 1 aliphatic carbocycles. The van der Waals surface area contributed by atoms with Gasteiger partial charge < -0.3 is 18.6 Å². The molecule has 0 amide bonds. The molecule has 0 saturated heterocycles. The molecule has 2 unspecified atom stereocenters. The van der Waals surface area contributed by atoms with Gasteiger partial charge in [0.1, 0.15) is 22.3 Å². The minimum Gasteiger partial charge on any atom is -0.493 e. The number of fused-ring (bicyclic) bond motifs is 1. The van der Waals surface area contributed by atoms with Crippen LogP contribution in [-0.4, -0.2) is 44.1 Å². The van der Waals surface area contributed by atoms with Gasteiger partial charge in [0.25, 0.3) is 0 Å². The summed E-state index contributed by atoms with van der Waals surface area (Å²) in [5.74, 6) is -1.59. The van der Waals surface area contributed by atoms with E-state index in [1.807, 2.05) is 0 Å². The van der Waals surface area contributed by atoms with E-state index in [9.17, 15) is 14.4 Å². The van der Waals surface area contributed by atoms with Gasteiger partial charge >= 0.3 is 0 Å². The van der Waals surface area contributed by atoms with Crippen molar-refractivity contribution in [2.24, 2.45) is 0 Å². The van der Waals surface area contributed by atoms with Gasteiger partial charge in [-0.25, -0.2) is 0 Å². The summed E-state index contributed by atoms with van der Waals surface area (Å²) in [6.45, 7) is 1.45. The summed E-state index contributed by atoms with van der Waals surface area (Å²) < 4.78 is 21.1. The molecule has 0 spiro atoms. The third-order valence-electron chi connectivity index (χ3n) is 4.56. The molecule has 0 aliphatic heterocycles. The van der Waals surface area contributed by atoms with Gasteiger partial charge in [0, 0.05) is 5.56 Å². The Labute approximate surface area is 170 Å². The van der Waals surface area contributed by atoms with Crippen molar-refractivity contribution in [1.82, 2.24) is 0 Å². The maximum Gasteiger partial charge on any atom is 0.234 e. The topological polar surface area (TPSA) is 92.0 Å². The number of carbonyl (C=O) groups excluding carboxylic acids is 3. The monoisotopic (exact) mass is 426 g/mol. The van der Waals surface area contributed by atoms with E-state index in [4.69, 9.17) is 41.8 Å². The number of hydrogen-bond acceptors (Lipinski definition) is 7. The van der Waals surface area contributed by atoms with Crippen LogP contribution in [0.4, 0.5) is 0 Å². The smallest absolute Gasteiger partial charge is 0.234 e. The van der Waals surface area contributed by atoms with Crippen molar-refractivity contribution in [2.75, 3.05) is 21.3 Å². The molecule has 1 aliphatic rings. The average Bonchev–Trinajstić information content (AvgIpc) is 3.15. The number of methoxy groups -OCH3 is 3. The van der Waals surface area contributed by atoms with Crippen LogP contribution >= 0.6 is 23.2 Å². The SMILES string of the molecule is COc1cc(C(=O)c2coc3c2C(=O)C(=O)C(Cl)C3(C)Cl)cc(OC)c1OC. The van der Waals surface area contributed by atoms with Crippen molar-refractivity contribution in [2.45, 2.75) is 17.2 Å². The maximum atomic E-state index is 13.1. The summed E-state index contributed by atoms with van der Waals surface area (Å²) in [5.41, 5.74) is -0.140. The van der Waals surface area contributed by atoms with Crippen LogP contribution in [0.1, 0.15) is 39.0 Å². The van der Waals surface area contributed by atoms with E-state index in [1.165, 1.54) is 40.4 Å². The predicted octanol–water partition coefficient (Wildman–Crippen LogP) is 3.36. The molecule has 28 heavy (non-hydrogen) atoms. The quantitative estimate of drug-likeness (QED) is 0.411. The molecule has 0 N–H and O–H groups in total. The zero-order valence-corrected chi connectivity index (χ0v) is 16.9. The Morgan fingerprint density at radius 1 is 1.11 bits per heavy atom. The zero-order valence-electron chi connectivity index (χ0n) is 15.4. The number of hydrogen-bond donors (Lipinski definition) is 0. The van der Waals surface area contributed by atoms with Crippen LogP contribution < -0.4 is 14.2 Å². The number of benzene rings is 1. The lowest BCUT2D eigenvalue weighted by Crippen LogP contribution is -2.43. The fraction of sp³-hybridized carbons (Fsp3) is 0.316. The minimum atomic E-state index is -1.46. The lowest BCUT2D eigenvalue weighted by molar-refractivity contribution is -0.115. The summed E-state index contributed by atoms with van der Waals surface area (Å²) in [5, 5.41) is -1.30. The number of ketones is 3. The number of Topliss-reactive ketones (excluding diaryl/α,β-unsaturated/α-hetero) is 2. The molecule has 1 aromatic carbocycles. The van der Waals surface area contributed by atoms with E-state index >= 15 is 0 Å². The first-order valence-corrected chi connectivity index (χ1v) is 8.88. The molecule has 3 rings (SSSR count). The highest BCUT2D eigenvalue weighted by atomic mass is 35.5. The number of carbonyl (C=O) groups is 3. The van der Waals surface area contributed by atoms with E-state index < -0.39 is 27.6 Å². The Morgan fingerprint density at radius 3 is 2.18 bits per heavy atom. The second-order valence-corrected chi connectivity index (χ2v) is 7.45. The van der Waals surface area contributed by atoms with Gasteiger partial charge in [0.15, 0.2) is 17.3 Å². The molecule has 148 valence electrons. The van der Waals surface area contributed by atoms with Crippen LogP contribution in [0.3, 0.4) is 0 Å². The molecular weight excluding hydrogens is 411 g/mol. The Kier molecular flexibility index (Phi) is 5.16. The van der Waals surface area contributed by atoms with Crippen molar-refractivity contribution in [3.63, 3.8) is 0 Å². The van der Waals surface area contributed by atoms with Gasteiger partial charge in [-0.2, -0.15) is 0 Å². The fourth-order valence-corrected chi connectivity index (χ4v) is 3.51. The number of alkyl halides is 2. The Balaban J connectivity index is 2.17. The lowest BCUT2D eigenvalue weighted by atomic mass is 9.83. The minimum absolute atomic E-state index is 0.0189. The second-order valence-electron chi connectivity index (χ2n) is 6.23. The summed E-state index contributed by atoms with van der Waals surface area (Å²) in [6.07, 6.45) is 1.09. The second kappa shape index (κ2) is 7.14. The van der Waals surface area contributed by atoms with Gasteiger partial charge in [-0.05, 0) is 19.1 Å². The average molecular weight is 427 g/mol. The summed E-state index contributed by atoms with van der Waals surface area (Å²) in [6, 6.07) is 2.87. The van der Waals surface area contributed by atoms with Gasteiger partial charge in [-0.15, -0.1) is 23.2 Å². The van der Waals surface area contributed by atoms with Gasteiger partial charge in [0.05, 0.1) is 32.5 Å². The van der Waals surface area contributed by atoms with Crippen LogP contribution in [0.25, 0.3) is 0 Å². The highest BCUT2D eigenvalue weighted by Crippen LogP contribution is 2.45. The van der Waals surface area contributed by atoms with E-state index in [-0.39, 0.29) is 33.9 Å². The van der Waals surface area contributed by atoms with Crippen molar-refractivity contribution in [3.05, 3.63) is 40.8 Å². The van der Waals surface area contributed by atoms with E-state index in [0.29, 0.717) is 5.75 Å². The third-order valence-corrected chi connectivity index (χ3v) is 5.70. The number of ether oxygens (including phenoxy) is 3. The first-order chi connectivity index (χ1) is 13.2. The number of halogens is 2. The van der Waals surface area contributed by atoms with Crippen LogP contribution in [0.5, 0.6) is 17.2 Å². The summed E-state index contributed by atoms with van der Waals surface area (Å²) in [4.78, 5) is 36.4. The van der Waals surface area contributed by atoms with E-state index in [1.54, 1.807) is 0 Å². The Hall–Kier alpha value is -2.51. The molecule has 2 aromatic rings. The van der Waals surface area contributed by atoms with Crippen molar-refractivity contribution < 1.29 is 33.0 Å². The largest absolute Gasteiger partial charge is 0.493 e. The van der Waals surface area contributed by atoms with Crippen molar-refractivity contribution in [1.29, 1.82) is 0 Å². The van der Waals surface area contributed by atoms with Gasteiger partial charge in [-0.1, -0.05) is 0 Å². The van der Waals surface area contributed by atoms with Gasteiger partial charge in [-0.3, -0.25) is 14.4 Å². The van der Waals surface area contributed by atoms with E-state index in [0.717, 1.165) is 6.26 Å². The standard InChI is InChI=1S/C19H16Cl2O7/c1-19(21)17(20)15(24)14(23)12-9(7-28-18(12)19)13(22)8-5-10(25-2)16(27-4)11(6-8)26-3/h5-7,17H,1-4H3. The fourth-order valence-electron chi connectivity index (χ4n) is 3.08. The Bertz CT molecular complexity index is 965. The molecule has 1 heterocycles. The highest BCUT2D eigenvalue weighted by molar-refractivity contribution is 6.58. The number of furan rings is 1. The van der Waals surface area contributed by atoms with Crippen molar-refractivity contribution in [3.8, 4) is 17.2 Å². The predicted molar refractivity (Wildman–Crippen MR) is 100 cm³/mol. The summed E-state index contributed by atoms with van der Waals surface area (Å²) in [7, 11) is 4.25. The molecule has 0 radical (unpaired) electrons. The van der Waals surface area contributed by atoms with E-state index in [2.05, 4.69) is 0 Å². The molecule has 7 nitrogen and oxygen atoms in total. The zero-order chi connectivity index (χ0) is 20.8. The van der Waals surface area contributed by atoms with Gasteiger partial charge in [0.2, 0.25) is 17.3 Å². The lowest BCUT2D eigenvalue weighted by Gasteiger charge is -2.28. The van der Waals surface area contributed by atoms with Crippen LogP contribution in [-0.2, 0) is 9.67 Å². The molecule has 1 aromatic heterocycles. The molecule has 0 saturated carbocycles. The van der Waals surface area contributed by atoms with Crippen LogP contribution in [0.15, 0.2) is 22.8 Å². The Morgan fingerprint density at radius 2 is 1.68 bits per heavy atom. The molecule has 9 heteroatoms. The number of rotatable bonds is 5.